The highest BCUT2D eigenvalue weighted by atomic mass is 16.6. The number of carbonyl (C=O) groups is 1. The zero-order valence-corrected chi connectivity index (χ0v) is 20.9. The van der Waals surface area contributed by atoms with Gasteiger partial charge in [0.2, 0.25) is 0 Å². The number of aliphatic imine (C=N–C) groups is 1. The lowest BCUT2D eigenvalue weighted by atomic mass is 10.1. The van der Waals surface area contributed by atoms with E-state index >= 15 is 0 Å². The zero-order chi connectivity index (χ0) is 25.8. The molecule has 37 heavy (non-hydrogen) atoms. The average Bonchev–Trinajstić information content (AvgIpc) is 3.64. The Balaban J connectivity index is 1.52. The second-order valence-corrected chi connectivity index (χ2v) is 8.72. The van der Waals surface area contributed by atoms with Gasteiger partial charge in [-0.2, -0.15) is 5.10 Å². The highest BCUT2D eigenvalue weighted by Crippen LogP contribution is 2.37. The first kappa shape index (κ1) is 24.3. The Bertz CT molecular complexity index is 1420. The van der Waals surface area contributed by atoms with E-state index < -0.39 is 6.09 Å². The molecule has 0 saturated heterocycles. The SMILES string of the molecule is CCN(CC)C(=O)Oc1c(-c2ccc(CN=CC=CN)cc2)n[nH]c1-c1nc2cc3c(cc2[nH]1)CNC3. The second-order valence-electron chi connectivity index (χ2n) is 8.72. The van der Waals surface area contributed by atoms with E-state index in [2.05, 4.69) is 37.6 Å². The Kier molecular flexibility index (Phi) is 7.00. The highest BCUT2D eigenvalue weighted by molar-refractivity contribution is 5.85. The Morgan fingerprint density at radius 3 is 2.65 bits per heavy atom. The number of amides is 1. The topological polar surface area (TPSA) is 137 Å². The van der Waals surface area contributed by atoms with Crippen molar-refractivity contribution in [2.75, 3.05) is 13.1 Å². The van der Waals surface area contributed by atoms with E-state index in [9.17, 15) is 4.79 Å². The number of nitrogens with zero attached hydrogens (tertiary/aromatic N) is 4. The van der Waals surface area contributed by atoms with Gasteiger partial charge < -0.3 is 25.7 Å². The molecule has 10 nitrogen and oxygen atoms in total. The van der Waals surface area contributed by atoms with E-state index in [1.165, 1.54) is 17.3 Å². The number of aromatic amines is 2. The van der Waals surface area contributed by atoms with Crippen LogP contribution in [0.5, 0.6) is 5.75 Å². The zero-order valence-electron chi connectivity index (χ0n) is 20.9. The van der Waals surface area contributed by atoms with Gasteiger partial charge in [-0.05, 0) is 54.9 Å². The standard InChI is InChI=1S/C27H30N8O2/c1-3-35(4-2)27(36)37-25-23(18-8-6-17(7-9-18)14-29-11-5-10-28)33-34-24(25)26-31-21-12-19-15-30-16-20(19)13-22(21)32-26/h5-13,30H,3-4,14-16,28H2,1-2H3,(H,31,32)(H,33,34). The summed E-state index contributed by atoms with van der Waals surface area (Å²) < 4.78 is 5.95. The lowest BCUT2D eigenvalue weighted by Gasteiger charge is -2.18. The van der Waals surface area contributed by atoms with Gasteiger partial charge in [-0.25, -0.2) is 9.78 Å². The number of carbonyl (C=O) groups excluding carboxylic acids is 1. The van der Waals surface area contributed by atoms with Crippen LogP contribution in [0, 0.1) is 0 Å². The van der Waals surface area contributed by atoms with Gasteiger partial charge in [0.25, 0.3) is 0 Å². The number of H-pyrrole nitrogens is 2. The van der Waals surface area contributed by atoms with E-state index in [-0.39, 0.29) is 0 Å². The third-order valence-electron chi connectivity index (χ3n) is 6.41. The molecule has 1 aliphatic heterocycles. The fraction of sp³-hybridized carbons (Fsp3) is 0.259. The molecule has 2 aromatic carbocycles. The number of allylic oxidation sites excluding steroid dienone is 1. The van der Waals surface area contributed by atoms with Gasteiger partial charge in [0.05, 0.1) is 17.6 Å². The fourth-order valence-electron chi connectivity index (χ4n) is 4.38. The summed E-state index contributed by atoms with van der Waals surface area (Å²) >= 11 is 0. The number of ether oxygens (including phenoxy) is 1. The van der Waals surface area contributed by atoms with Crippen molar-refractivity contribution in [3.8, 4) is 28.5 Å². The first-order valence-electron chi connectivity index (χ1n) is 12.3. The fourth-order valence-corrected chi connectivity index (χ4v) is 4.38. The summed E-state index contributed by atoms with van der Waals surface area (Å²) in [7, 11) is 0. The van der Waals surface area contributed by atoms with E-state index in [4.69, 9.17) is 15.5 Å². The molecule has 0 aliphatic carbocycles. The Morgan fingerprint density at radius 2 is 1.92 bits per heavy atom. The van der Waals surface area contributed by atoms with E-state index in [1.54, 1.807) is 17.2 Å². The molecule has 0 unspecified atom stereocenters. The molecule has 10 heteroatoms. The van der Waals surface area contributed by atoms with Gasteiger partial charge in [-0.1, -0.05) is 24.3 Å². The number of rotatable bonds is 8. The van der Waals surface area contributed by atoms with Crippen molar-refractivity contribution in [2.24, 2.45) is 10.7 Å². The molecule has 3 heterocycles. The van der Waals surface area contributed by atoms with Gasteiger partial charge in [-0.15, -0.1) is 0 Å². The van der Waals surface area contributed by atoms with Crippen LogP contribution in [-0.2, 0) is 19.6 Å². The molecule has 0 fully saturated rings. The summed E-state index contributed by atoms with van der Waals surface area (Å²) in [6.45, 7) is 7.11. The van der Waals surface area contributed by atoms with Crippen LogP contribution in [0.2, 0.25) is 0 Å². The minimum atomic E-state index is -0.436. The van der Waals surface area contributed by atoms with E-state index in [0.29, 0.717) is 42.6 Å². The molecule has 0 radical (unpaired) electrons. The average molecular weight is 499 g/mol. The smallest absolute Gasteiger partial charge is 0.405 e. The highest BCUT2D eigenvalue weighted by Gasteiger charge is 2.25. The van der Waals surface area contributed by atoms with Gasteiger partial charge in [0, 0.05) is 38.0 Å². The van der Waals surface area contributed by atoms with Crippen LogP contribution in [0.15, 0.2) is 53.7 Å². The van der Waals surface area contributed by atoms with Crippen molar-refractivity contribution in [3.63, 3.8) is 0 Å². The van der Waals surface area contributed by atoms with Crippen molar-refractivity contribution in [1.82, 2.24) is 30.4 Å². The summed E-state index contributed by atoms with van der Waals surface area (Å²) in [6.07, 6.45) is 4.35. The molecular formula is C27H30N8O2. The molecular weight excluding hydrogens is 468 g/mol. The van der Waals surface area contributed by atoms with Crippen molar-refractivity contribution in [2.45, 2.75) is 33.5 Å². The number of nitrogens with one attached hydrogen (secondary N) is 3. The van der Waals surface area contributed by atoms with Crippen LogP contribution in [0.4, 0.5) is 4.79 Å². The van der Waals surface area contributed by atoms with Gasteiger partial charge in [0.1, 0.15) is 11.4 Å². The molecule has 190 valence electrons. The number of aromatic nitrogens is 4. The van der Waals surface area contributed by atoms with Gasteiger partial charge in [0.15, 0.2) is 11.6 Å². The number of hydrogen-bond donors (Lipinski definition) is 4. The molecule has 0 spiro atoms. The third-order valence-corrected chi connectivity index (χ3v) is 6.41. The minimum Gasteiger partial charge on any atom is -0.405 e. The Hall–Kier alpha value is -4.44. The lowest BCUT2D eigenvalue weighted by molar-refractivity contribution is 0.157. The summed E-state index contributed by atoms with van der Waals surface area (Å²) in [5.74, 6) is 0.899. The molecule has 2 aromatic heterocycles. The first-order valence-corrected chi connectivity index (χ1v) is 12.3. The van der Waals surface area contributed by atoms with Crippen LogP contribution >= 0.6 is 0 Å². The van der Waals surface area contributed by atoms with Crippen molar-refractivity contribution in [1.29, 1.82) is 0 Å². The van der Waals surface area contributed by atoms with E-state index in [0.717, 1.165) is 35.2 Å². The Morgan fingerprint density at radius 1 is 1.16 bits per heavy atom. The largest absolute Gasteiger partial charge is 0.415 e. The minimum absolute atomic E-state index is 0.337. The number of fused-ring (bicyclic) bond motifs is 2. The lowest BCUT2D eigenvalue weighted by Crippen LogP contribution is -2.33. The number of benzene rings is 2. The first-order chi connectivity index (χ1) is 18.1. The predicted molar refractivity (Wildman–Crippen MR) is 144 cm³/mol. The molecule has 0 saturated carbocycles. The maximum atomic E-state index is 13.0. The summed E-state index contributed by atoms with van der Waals surface area (Å²) in [5.41, 5.74) is 12.5. The molecule has 0 bridgehead atoms. The van der Waals surface area contributed by atoms with Crippen molar-refractivity contribution >= 4 is 23.3 Å². The van der Waals surface area contributed by atoms with Crippen LogP contribution < -0.4 is 15.8 Å². The van der Waals surface area contributed by atoms with Crippen molar-refractivity contribution in [3.05, 3.63) is 65.4 Å². The molecule has 1 aliphatic rings. The Labute approximate surface area is 214 Å². The maximum absolute atomic E-state index is 13.0. The van der Waals surface area contributed by atoms with E-state index in [1.807, 2.05) is 38.1 Å². The monoisotopic (exact) mass is 498 g/mol. The molecule has 5 rings (SSSR count). The quantitative estimate of drug-likeness (QED) is 0.270. The summed E-state index contributed by atoms with van der Waals surface area (Å²) in [5, 5.41) is 10.9. The second kappa shape index (κ2) is 10.7. The van der Waals surface area contributed by atoms with Crippen LogP contribution in [0.25, 0.3) is 33.8 Å². The predicted octanol–water partition coefficient (Wildman–Crippen LogP) is 4.11. The molecule has 1 amide bonds. The van der Waals surface area contributed by atoms with Gasteiger partial charge in [-0.3, -0.25) is 10.1 Å². The van der Waals surface area contributed by atoms with Crippen LogP contribution in [0.3, 0.4) is 0 Å². The third kappa shape index (κ3) is 4.96. The summed E-state index contributed by atoms with van der Waals surface area (Å²) in [4.78, 5) is 27.1. The summed E-state index contributed by atoms with van der Waals surface area (Å²) in [6, 6.07) is 12.0. The molecule has 5 N–H and O–H groups in total. The van der Waals surface area contributed by atoms with Crippen LogP contribution in [0.1, 0.15) is 30.5 Å². The van der Waals surface area contributed by atoms with Crippen LogP contribution in [-0.4, -0.2) is 50.5 Å². The number of nitrogens with two attached hydrogens (primary N) is 1. The molecule has 0 atom stereocenters. The number of imidazole rings is 1. The van der Waals surface area contributed by atoms with Gasteiger partial charge >= 0.3 is 6.09 Å². The van der Waals surface area contributed by atoms with Crippen molar-refractivity contribution < 1.29 is 9.53 Å². The number of hydrogen-bond acceptors (Lipinski definition) is 7. The molecule has 4 aromatic rings. The normalized spacial score (nSPS) is 13.1. The maximum Gasteiger partial charge on any atom is 0.415 e.